The second-order valence-electron chi connectivity index (χ2n) is 7.85. The second kappa shape index (κ2) is 12.3. The number of hydrogen-bond donors (Lipinski definition) is 0. The van der Waals surface area contributed by atoms with Gasteiger partial charge in [0.15, 0.2) is 0 Å². The molecule has 0 radical (unpaired) electrons. The largest absolute Gasteiger partial charge is 0.463 e. The molecule has 0 unspecified atom stereocenters. The van der Waals surface area contributed by atoms with E-state index in [2.05, 4.69) is 0 Å². The van der Waals surface area contributed by atoms with E-state index in [-0.39, 0.29) is 29.6 Å². The smallest absolute Gasteiger partial charge is 0.311 e. The molecule has 142 valence electrons. The quantitative estimate of drug-likeness (QED) is 0.331. The Bertz CT molecular complexity index is 359. The van der Waals surface area contributed by atoms with E-state index in [9.17, 15) is 9.59 Å². The van der Waals surface area contributed by atoms with Gasteiger partial charge >= 0.3 is 11.9 Å². The highest BCUT2D eigenvalue weighted by Crippen LogP contribution is 2.26. The fourth-order valence-corrected chi connectivity index (χ4v) is 2.52. The van der Waals surface area contributed by atoms with Crippen LogP contribution in [0.25, 0.3) is 0 Å². The Kier molecular flexibility index (Phi) is 11.8. The lowest BCUT2D eigenvalue weighted by Crippen LogP contribution is -2.28. The van der Waals surface area contributed by atoms with E-state index in [1.165, 1.54) is 12.8 Å². The maximum atomic E-state index is 12.0. The molecule has 0 aromatic carbocycles. The van der Waals surface area contributed by atoms with Gasteiger partial charge in [-0.3, -0.25) is 9.59 Å². The Morgan fingerprint density at radius 1 is 0.750 bits per heavy atom. The molecule has 24 heavy (non-hydrogen) atoms. The standard InChI is InChI=1S/C20H38O4/c1-16(2)23-18(21)14-12-10-8-7-9-11-13-15-20(5,6)19(22)24-17(3)4/h16-17H,7-15H2,1-6H3. The van der Waals surface area contributed by atoms with E-state index < -0.39 is 0 Å². The van der Waals surface area contributed by atoms with Crippen molar-refractivity contribution in [1.29, 1.82) is 0 Å². The highest BCUT2D eigenvalue weighted by Gasteiger charge is 2.29. The van der Waals surface area contributed by atoms with Crippen LogP contribution in [-0.4, -0.2) is 24.1 Å². The normalized spacial score (nSPS) is 11.8. The van der Waals surface area contributed by atoms with Gasteiger partial charge in [-0.2, -0.15) is 0 Å². The molecule has 0 atom stereocenters. The van der Waals surface area contributed by atoms with Crippen molar-refractivity contribution in [2.45, 2.75) is 112 Å². The van der Waals surface area contributed by atoms with Crippen LogP contribution < -0.4 is 0 Å². The molecule has 0 spiro atoms. The third-order valence-electron chi connectivity index (χ3n) is 3.95. The molecule has 0 aliphatic rings. The van der Waals surface area contributed by atoms with E-state index >= 15 is 0 Å². The second-order valence-corrected chi connectivity index (χ2v) is 7.85. The summed E-state index contributed by atoms with van der Waals surface area (Å²) in [6.45, 7) is 11.5. The van der Waals surface area contributed by atoms with Gasteiger partial charge in [-0.1, -0.05) is 38.5 Å². The number of esters is 2. The first kappa shape index (κ1) is 22.9. The molecule has 0 saturated carbocycles. The fourth-order valence-electron chi connectivity index (χ4n) is 2.52. The van der Waals surface area contributed by atoms with Crippen LogP contribution in [0.15, 0.2) is 0 Å². The number of ether oxygens (including phenoxy) is 2. The maximum absolute atomic E-state index is 12.0. The van der Waals surface area contributed by atoms with Gasteiger partial charge in [0.1, 0.15) is 0 Å². The first-order valence-electron chi connectivity index (χ1n) is 9.55. The van der Waals surface area contributed by atoms with Gasteiger partial charge < -0.3 is 9.47 Å². The summed E-state index contributed by atoms with van der Waals surface area (Å²) in [6.07, 6.45) is 9.09. The maximum Gasteiger partial charge on any atom is 0.311 e. The zero-order valence-corrected chi connectivity index (χ0v) is 16.7. The van der Waals surface area contributed by atoms with Gasteiger partial charge in [0.2, 0.25) is 0 Å². The molecule has 0 aliphatic heterocycles. The minimum atomic E-state index is -0.388. The lowest BCUT2D eigenvalue weighted by Gasteiger charge is -2.23. The Balaban J connectivity index is 3.57. The molecule has 0 aromatic rings. The topological polar surface area (TPSA) is 52.6 Å². The summed E-state index contributed by atoms with van der Waals surface area (Å²) in [5.74, 6) is -0.175. The van der Waals surface area contributed by atoms with E-state index in [1.54, 1.807) is 0 Å². The summed E-state index contributed by atoms with van der Waals surface area (Å²) in [4.78, 5) is 23.4. The molecule has 4 nitrogen and oxygen atoms in total. The van der Waals surface area contributed by atoms with E-state index in [4.69, 9.17) is 9.47 Å². The molecular formula is C20H38O4. The van der Waals surface area contributed by atoms with Crippen LogP contribution in [-0.2, 0) is 19.1 Å². The number of hydrogen-bond acceptors (Lipinski definition) is 4. The first-order valence-corrected chi connectivity index (χ1v) is 9.55. The van der Waals surface area contributed by atoms with Crippen LogP contribution in [0.3, 0.4) is 0 Å². The summed E-state index contributed by atoms with van der Waals surface area (Å²) in [5.41, 5.74) is -0.388. The predicted molar refractivity (Wildman–Crippen MR) is 97.8 cm³/mol. The van der Waals surface area contributed by atoms with E-state index in [1.807, 2.05) is 41.5 Å². The highest BCUT2D eigenvalue weighted by molar-refractivity contribution is 5.76. The Hall–Kier alpha value is -1.06. The Morgan fingerprint density at radius 3 is 1.71 bits per heavy atom. The van der Waals surface area contributed by atoms with Crippen LogP contribution >= 0.6 is 0 Å². The van der Waals surface area contributed by atoms with Gasteiger partial charge in [0.25, 0.3) is 0 Å². The monoisotopic (exact) mass is 342 g/mol. The van der Waals surface area contributed by atoms with Crippen molar-refractivity contribution in [3.8, 4) is 0 Å². The summed E-state index contributed by atoms with van der Waals surface area (Å²) in [6, 6.07) is 0. The third kappa shape index (κ3) is 12.4. The van der Waals surface area contributed by atoms with Gasteiger partial charge in [-0.15, -0.1) is 0 Å². The average Bonchev–Trinajstić information content (AvgIpc) is 2.43. The van der Waals surface area contributed by atoms with Crippen molar-refractivity contribution in [3.63, 3.8) is 0 Å². The van der Waals surface area contributed by atoms with Gasteiger partial charge in [0, 0.05) is 6.42 Å². The summed E-state index contributed by atoms with van der Waals surface area (Å²) in [7, 11) is 0. The van der Waals surface area contributed by atoms with Crippen LogP contribution in [0.2, 0.25) is 0 Å². The summed E-state index contributed by atoms with van der Waals surface area (Å²) < 4.78 is 10.4. The van der Waals surface area contributed by atoms with E-state index in [0.29, 0.717) is 6.42 Å². The number of carbonyl (C=O) groups is 2. The minimum absolute atomic E-state index is 0.0143. The van der Waals surface area contributed by atoms with Crippen molar-refractivity contribution in [3.05, 3.63) is 0 Å². The lowest BCUT2D eigenvalue weighted by atomic mass is 9.87. The zero-order valence-electron chi connectivity index (χ0n) is 16.7. The van der Waals surface area contributed by atoms with Gasteiger partial charge in [-0.25, -0.2) is 0 Å². The molecule has 0 bridgehead atoms. The Morgan fingerprint density at radius 2 is 1.21 bits per heavy atom. The lowest BCUT2D eigenvalue weighted by molar-refractivity contribution is -0.158. The van der Waals surface area contributed by atoms with Crippen molar-refractivity contribution in [2.24, 2.45) is 5.41 Å². The van der Waals surface area contributed by atoms with Crippen molar-refractivity contribution in [1.82, 2.24) is 0 Å². The number of carbonyl (C=O) groups excluding carboxylic acids is 2. The number of rotatable bonds is 13. The van der Waals surface area contributed by atoms with Crippen molar-refractivity contribution >= 4 is 11.9 Å². The van der Waals surface area contributed by atoms with Crippen LogP contribution in [0, 0.1) is 5.41 Å². The molecular weight excluding hydrogens is 304 g/mol. The molecule has 0 heterocycles. The molecule has 0 amide bonds. The molecule has 0 rings (SSSR count). The highest BCUT2D eigenvalue weighted by atomic mass is 16.5. The molecule has 4 heteroatoms. The zero-order chi connectivity index (χ0) is 18.6. The minimum Gasteiger partial charge on any atom is -0.463 e. The third-order valence-corrected chi connectivity index (χ3v) is 3.95. The van der Waals surface area contributed by atoms with Gasteiger partial charge in [0.05, 0.1) is 17.6 Å². The van der Waals surface area contributed by atoms with Crippen LogP contribution in [0.1, 0.15) is 99.3 Å². The fraction of sp³-hybridized carbons (Fsp3) is 0.900. The van der Waals surface area contributed by atoms with Crippen LogP contribution in [0.5, 0.6) is 0 Å². The van der Waals surface area contributed by atoms with Crippen LogP contribution in [0.4, 0.5) is 0 Å². The average molecular weight is 343 g/mol. The van der Waals surface area contributed by atoms with E-state index in [0.717, 1.165) is 38.5 Å². The first-order chi connectivity index (χ1) is 11.1. The molecule has 0 fully saturated rings. The predicted octanol–water partition coefficient (Wildman–Crippen LogP) is 5.43. The molecule has 0 N–H and O–H groups in total. The van der Waals surface area contributed by atoms with Crippen molar-refractivity contribution in [2.75, 3.05) is 0 Å². The SMILES string of the molecule is CC(C)OC(=O)CCCCCCCCCC(C)(C)C(=O)OC(C)C. The summed E-state index contributed by atoms with van der Waals surface area (Å²) >= 11 is 0. The molecule has 0 saturated heterocycles. The number of unbranched alkanes of at least 4 members (excludes halogenated alkanes) is 6. The molecule has 0 aromatic heterocycles. The molecule has 0 aliphatic carbocycles. The van der Waals surface area contributed by atoms with Gasteiger partial charge in [-0.05, 0) is 54.4 Å². The van der Waals surface area contributed by atoms with Crippen molar-refractivity contribution < 1.29 is 19.1 Å². The Labute approximate surface area is 148 Å². The summed E-state index contributed by atoms with van der Waals surface area (Å²) in [5, 5.41) is 0.